The Bertz CT molecular complexity index is 104. The molecule has 1 atom stereocenters. The molecular formula is C7H16N2O. The van der Waals surface area contributed by atoms with Gasteiger partial charge in [-0.25, -0.2) is 0 Å². The maximum absolute atomic E-state index is 10.7. The standard InChI is InChI=1S/C7H16N2O/c1-3-4-6(8)5-7(10)9-2/h6H,3-5,8H2,1-2H3,(H,9,10)/t6-/m1/s1. The molecule has 0 radical (unpaired) electrons. The number of carbonyl (C=O) groups is 1. The van der Waals surface area contributed by atoms with Crippen LogP contribution in [0.3, 0.4) is 0 Å². The quantitative estimate of drug-likeness (QED) is 0.594. The molecule has 0 aliphatic carbocycles. The van der Waals surface area contributed by atoms with Gasteiger partial charge in [0.25, 0.3) is 0 Å². The summed E-state index contributed by atoms with van der Waals surface area (Å²) in [5.74, 6) is 0.0287. The fourth-order valence-electron chi connectivity index (χ4n) is 0.813. The van der Waals surface area contributed by atoms with E-state index in [9.17, 15) is 4.79 Å². The van der Waals surface area contributed by atoms with E-state index in [1.54, 1.807) is 7.05 Å². The molecule has 0 aliphatic heterocycles. The summed E-state index contributed by atoms with van der Waals surface area (Å²) in [5.41, 5.74) is 5.60. The highest BCUT2D eigenvalue weighted by atomic mass is 16.1. The Morgan fingerprint density at radius 3 is 2.70 bits per heavy atom. The third-order valence-corrected chi connectivity index (χ3v) is 1.39. The van der Waals surface area contributed by atoms with Crippen molar-refractivity contribution < 1.29 is 4.79 Å². The highest BCUT2D eigenvalue weighted by Crippen LogP contribution is 1.96. The summed E-state index contributed by atoms with van der Waals surface area (Å²) in [6, 6.07) is 0.0324. The molecule has 0 aromatic carbocycles. The maximum atomic E-state index is 10.7. The molecule has 3 nitrogen and oxygen atoms in total. The molecule has 0 bridgehead atoms. The van der Waals surface area contributed by atoms with Crippen molar-refractivity contribution in [1.82, 2.24) is 5.32 Å². The summed E-state index contributed by atoms with van der Waals surface area (Å²) < 4.78 is 0. The van der Waals surface area contributed by atoms with Crippen molar-refractivity contribution in [3.05, 3.63) is 0 Å². The Morgan fingerprint density at radius 1 is 1.70 bits per heavy atom. The van der Waals surface area contributed by atoms with Crippen molar-refractivity contribution in [2.24, 2.45) is 5.73 Å². The number of carbonyl (C=O) groups excluding carboxylic acids is 1. The Kier molecular flexibility index (Phi) is 4.94. The van der Waals surface area contributed by atoms with Gasteiger partial charge in [0, 0.05) is 19.5 Å². The van der Waals surface area contributed by atoms with E-state index in [-0.39, 0.29) is 11.9 Å². The van der Waals surface area contributed by atoms with Crippen LogP contribution in [-0.2, 0) is 4.79 Å². The molecule has 0 saturated heterocycles. The number of hydrogen-bond donors (Lipinski definition) is 2. The second-order valence-electron chi connectivity index (χ2n) is 2.43. The molecule has 0 fully saturated rings. The molecule has 0 spiro atoms. The molecule has 0 heterocycles. The lowest BCUT2D eigenvalue weighted by Crippen LogP contribution is -2.29. The van der Waals surface area contributed by atoms with Crippen LogP contribution in [-0.4, -0.2) is 19.0 Å². The zero-order valence-electron chi connectivity index (χ0n) is 6.68. The molecule has 1 amide bonds. The Labute approximate surface area is 62.0 Å². The second-order valence-corrected chi connectivity index (χ2v) is 2.43. The van der Waals surface area contributed by atoms with Crippen molar-refractivity contribution in [1.29, 1.82) is 0 Å². The molecule has 3 heteroatoms. The van der Waals surface area contributed by atoms with Crippen molar-refractivity contribution in [2.75, 3.05) is 7.05 Å². The van der Waals surface area contributed by atoms with E-state index in [0.29, 0.717) is 6.42 Å². The number of hydrogen-bond acceptors (Lipinski definition) is 2. The minimum atomic E-state index is 0.0287. The van der Waals surface area contributed by atoms with E-state index in [0.717, 1.165) is 12.8 Å². The largest absolute Gasteiger partial charge is 0.359 e. The van der Waals surface area contributed by atoms with Crippen LogP contribution in [0.2, 0.25) is 0 Å². The summed E-state index contributed by atoms with van der Waals surface area (Å²) in [7, 11) is 1.63. The van der Waals surface area contributed by atoms with Crippen LogP contribution < -0.4 is 11.1 Å². The summed E-state index contributed by atoms with van der Waals surface area (Å²) >= 11 is 0. The zero-order chi connectivity index (χ0) is 7.98. The Balaban J connectivity index is 3.37. The molecule has 3 N–H and O–H groups in total. The fraction of sp³-hybridized carbons (Fsp3) is 0.857. The third kappa shape index (κ3) is 4.32. The van der Waals surface area contributed by atoms with E-state index in [1.165, 1.54) is 0 Å². The van der Waals surface area contributed by atoms with E-state index in [2.05, 4.69) is 12.2 Å². The average Bonchev–Trinajstić information content (AvgIpc) is 1.88. The van der Waals surface area contributed by atoms with E-state index >= 15 is 0 Å². The van der Waals surface area contributed by atoms with Gasteiger partial charge in [0.15, 0.2) is 0 Å². The van der Waals surface area contributed by atoms with Gasteiger partial charge in [0.1, 0.15) is 0 Å². The predicted molar refractivity (Wildman–Crippen MR) is 41.6 cm³/mol. The molecular weight excluding hydrogens is 128 g/mol. The minimum absolute atomic E-state index is 0.0287. The van der Waals surface area contributed by atoms with Crippen molar-refractivity contribution in [2.45, 2.75) is 32.2 Å². The van der Waals surface area contributed by atoms with E-state index < -0.39 is 0 Å². The van der Waals surface area contributed by atoms with Crippen molar-refractivity contribution in [3.8, 4) is 0 Å². The normalized spacial score (nSPS) is 12.7. The Morgan fingerprint density at radius 2 is 2.30 bits per heavy atom. The van der Waals surface area contributed by atoms with Gasteiger partial charge in [-0.05, 0) is 6.42 Å². The monoisotopic (exact) mass is 144 g/mol. The van der Waals surface area contributed by atoms with Gasteiger partial charge in [0.05, 0.1) is 0 Å². The summed E-state index contributed by atoms with van der Waals surface area (Å²) in [6.45, 7) is 2.06. The van der Waals surface area contributed by atoms with E-state index in [4.69, 9.17) is 5.73 Å². The first kappa shape index (κ1) is 9.43. The number of rotatable bonds is 4. The minimum Gasteiger partial charge on any atom is -0.359 e. The molecule has 0 saturated carbocycles. The first-order valence-corrected chi connectivity index (χ1v) is 3.66. The highest BCUT2D eigenvalue weighted by Gasteiger charge is 2.05. The van der Waals surface area contributed by atoms with Crippen LogP contribution in [0.1, 0.15) is 26.2 Å². The van der Waals surface area contributed by atoms with Gasteiger partial charge < -0.3 is 11.1 Å². The molecule has 0 aromatic rings. The van der Waals surface area contributed by atoms with Gasteiger partial charge in [-0.2, -0.15) is 0 Å². The van der Waals surface area contributed by atoms with Gasteiger partial charge in [-0.3, -0.25) is 4.79 Å². The third-order valence-electron chi connectivity index (χ3n) is 1.39. The summed E-state index contributed by atoms with van der Waals surface area (Å²) in [4.78, 5) is 10.7. The molecule has 10 heavy (non-hydrogen) atoms. The lowest BCUT2D eigenvalue weighted by Gasteiger charge is -2.07. The van der Waals surface area contributed by atoms with Crippen LogP contribution >= 0.6 is 0 Å². The van der Waals surface area contributed by atoms with Crippen molar-refractivity contribution >= 4 is 5.91 Å². The summed E-state index contributed by atoms with van der Waals surface area (Å²) in [5, 5.41) is 2.54. The SMILES string of the molecule is CCC[C@@H](N)CC(=O)NC. The number of amides is 1. The zero-order valence-corrected chi connectivity index (χ0v) is 6.68. The maximum Gasteiger partial charge on any atom is 0.221 e. The molecule has 0 rings (SSSR count). The Hall–Kier alpha value is -0.570. The lowest BCUT2D eigenvalue weighted by atomic mass is 10.1. The van der Waals surface area contributed by atoms with Gasteiger partial charge in [-0.15, -0.1) is 0 Å². The van der Waals surface area contributed by atoms with Crippen LogP contribution in [0.15, 0.2) is 0 Å². The molecule has 0 aromatic heterocycles. The molecule has 60 valence electrons. The van der Waals surface area contributed by atoms with Crippen LogP contribution in [0.5, 0.6) is 0 Å². The molecule has 0 aliphatic rings. The average molecular weight is 144 g/mol. The van der Waals surface area contributed by atoms with Gasteiger partial charge in [0.2, 0.25) is 5.91 Å². The van der Waals surface area contributed by atoms with Crippen LogP contribution in [0.25, 0.3) is 0 Å². The summed E-state index contributed by atoms with van der Waals surface area (Å²) in [6.07, 6.45) is 2.41. The van der Waals surface area contributed by atoms with Crippen molar-refractivity contribution in [3.63, 3.8) is 0 Å². The van der Waals surface area contributed by atoms with E-state index in [1.807, 2.05) is 0 Å². The molecule has 0 unspecified atom stereocenters. The number of nitrogens with two attached hydrogens (primary N) is 1. The number of nitrogens with one attached hydrogen (secondary N) is 1. The van der Waals surface area contributed by atoms with Crippen LogP contribution in [0, 0.1) is 0 Å². The fourth-order valence-corrected chi connectivity index (χ4v) is 0.813. The highest BCUT2D eigenvalue weighted by molar-refractivity contribution is 5.76. The second kappa shape index (κ2) is 5.23. The lowest BCUT2D eigenvalue weighted by molar-refractivity contribution is -0.120. The smallest absolute Gasteiger partial charge is 0.221 e. The van der Waals surface area contributed by atoms with Crippen LogP contribution in [0.4, 0.5) is 0 Å². The predicted octanol–water partition coefficient (Wildman–Crippen LogP) is 0.250. The first-order valence-electron chi connectivity index (χ1n) is 3.66. The van der Waals surface area contributed by atoms with Gasteiger partial charge in [-0.1, -0.05) is 13.3 Å². The topological polar surface area (TPSA) is 55.1 Å². The van der Waals surface area contributed by atoms with Gasteiger partial charge >= 0.3 is 0 Å². The first-order chi connectivity index (χ1) is 4.70.